The molecule has 1 rings (SSSR count). The Bertz CT molecular complexity index is 385. The van der Waals surface area contributed by atoms with Gasteiger partial charge in [-0.3, -0.25) is 0 Å². The number of benzene rings is 1. The molecule has 0 amide bonds. The van der Waals surface area contributed by atoms with E-state index in [2.05, 4.69) is 0 Å². The van der Waals surface area contributed by atoms with Crippen LogP contribution in [0.15, 0.2) is 30.4 Å². The van der Waals surface area contributed by atoms with Crippen molar-refractivity contribution in [3.63, 3.8) is 0 Å². The number of rotatable bonds is 4. The highest BCUT2D eigenvalue weighted by Gasteiger charge is 2.04. The second-order valence-electron chi connectivity index (χ2n) is 2.94. The van der Waals surface area contributed by atoms with Crippen LogP contribution in [0.4, 0.5) is 4.39 Å². The highest BCUT2D eigenvalue weighted by molar-refractivity contribution is 5.79. The molecular formula is C11H11FO3. The van der Waals surface area contributed by atoms with E-state index in [0.29, 0.717) is 5.56 Å². The predicted octanol–water partition coefficient (Wildman–Crippen LogP) is 2.15. The van der Waals surface area contributed by atoms with Gasteiger partial charge in [-0.05, 0) is 24.6 Å². The summed E-state index contributed by atoms with van der Waals surface area (Å²) in [5.74, 6) is -1.34. The van der Waals surface area contributed by atoms with E-state index >= 15 is 0 Å². The van der Waals surface area contributed by atoms with E-state index in [-0.39, 0.29) is 12.4 Å². The highest BCUT2D eigenvalue weighted by Crippen LogP contribution is 2.19. The average molecular weight is 210 g/mol. The van der Waals surface area contributed by atoms with Crippen LogP contribution >= 0.6 is 0 Å². The average Bonchev–Trinajstić information content (AvgIpc) is 2.18. The summed E-state index contributed by atoms with van der Waals surface area (Å²) in [6, 6.07) is 4.81. The number of aliphatic carboxylic acids is 1. The minimum atomic E-state index is -1.05. The van der Waals surface area contributed by atoms with E-state index in [0.717, 1.165) is 6.08 Å². The van der Waals surface area contributed by atoms with Gasteiger partial charge in [-0.25, -0.2) is 9.18 Å². The molecule has 0 aliphatic rings. The lowest BCUT2D eigenvalue weighted by atomic mass is 10.2. The molecule has 1 N–H and O–H groups in total. The molecule has 0 aromatic heterocycles. The standard InChI is InChI=1S/C11H11FO3/c1-8-4-2-5-9(11(8)12)15-7-3-6-10(13)14/h2-6H,7H2,1H3,(H,13,14)/b6-3+. The summed E-state index contributed by atoms with van der Waals surface area (Å²) in [7, 11) is 0. The van der Waals surface area contributed by atoms with E-state index in [9.17, 15) is 9.18 Å². The van der Waals surface area contributed by atoms with Crippen molar-refractivity contribution in [3.05, 3.63) is 41.7 Å². The van der Waals surface area contributed by atoms with Crippen molar-refractivity contribution >= 4 is 5.97 Å². The molecule has 80 valence electrons. The molecule has 0 atom stereocenters. The Kier molecular flexibility index (Phi) is 3.85. The summed E-state index contributed by atoms with van der Waals surface area (Å²) in [6.45, 7) is 1.67. The third-order valence-electron chi connectivity index (χ3n) is 1.75. The summed E-state index contributed by atoms with van der Waals surface area (Å²) >= 11 is 0. The van der Waals surface area contributed by atoms with Gasteiger partial charge in [0.05, 0.1) is 0 Å². The Morgan fingerprint density at radius 1 is 1.60 bits per heavy atom. The van der Waals surface area contributed by atoms with Crippen LogP contribution in [-0.2, 0) is 4.79 Å². The van der Waals surface area contributed by atoms with E-state index in [1.807, 2.05) is 0 Å². The topological polar surface area (TPSA) is 46.5 Å². The SMILES string of the molecule is Cc1cccc(OC/C=C/C(=O)O)c1F. The minimum Gasteiger partial charge on any atom is -0.486 e. The Hall–Kier alpha value is -1.84. The first kappa shape index (κ1) is 11.2. The van der Waals surface area contributed by atoms with Crippen molar-refractivity contribution in [1.29, 1.82) is 0 Å². The maximum absolute atomic E-state index is 13.3. The molecule has 0 unspecified atom stereocenters. The first-order valence-electron chi connectivity index (χ1n) is 4.38. The van der Waals surface area contributed by atoms with E-state index in [1.54, 1.807) is 19.1 Å². The van der Waals surface area contributed by atoms with Crippen molar-refractivity contribution in [2.24, 2.45) is 0 Å². The van der Waals surface area contributed by atoms with Crippen LogP contribution in [0, 0.1) is 12.7 Å². The van der Waals surface area contributed by atoms with Gasteiger partial charge >= 0.3 is 5.97 Å². The molecule has 4 heteroatoms. The fourth-order valence-corrected chi connectivity index (χ4v) is 1.02. The summed E-state index contributed by atoms with van der Waals surface area (Å²) in [4.78, 5) is 10.1. The van der Waals surface area contributed by atoms with Gasteiger partial charge in [-0.1, -0.05) is 12.1 Å². The summed E-state index contributed by atoms with van der Waals surface area (Å²) < 4.78 is 18.4. The van der Waals surface area contributed by atoms with Crippen LogP contribution in [0.25, 0.3) is 0 Å². The van der Waals surface area contributed by atoms with E-state index < -0.39 is 11.8 Å². The summed E-state index contributed by atoms with van der Waals surface area (Å²) in [5.41, 5.74) is 0.495. The first-order valence-corrected chi connectivity index (χ1v) is 4.38. The zero-order valence-electron chi connectivity index (χ0n) is 8.24. The Morgan fingerprint density at radius 2 is 2.33 bits per heavy atom. The van der Waals surface area contributed by atoms with Crippen LogP contribution in [0.1, 0.15) is 5.56 Å². The van der Waals surface area contributed by atoms with Crippen LogP contribution < -0.4 is 4.74 Å². The maximum atomic E-state index is 13.3. The molecule has 0 saturated carbocycles. The van der Waals surface area contributed by atoms with Gasteiger partial charge in [-0.15, -0.1) is 0 Å². The molecule has 0 aliphatic carbocycles. The molecule has 0 radical (unpaired) electrons. The van der Waals surface area contributed by atoms with Gasteiger partial charge in [0.1, 0.15) is 6.61 Å². The van der Waals surface area contributed by atoms with Crippen molar-refractivity contribution in [1.82, 2.24) is 0 Å². The fourth-order valence-electron chi connectivity index (χ4n) is 1.02. The minimum absolute atomic E-state index is 0.0344. The van der Waals surface area contributed by atoms with Gasteiger partial charge in [0.15, 0.2) is 11.6 Å². The zero-order chi connectivity index (χ0) is 11.3. The third-order valence-corrected chi connectivity index (χ3v) is 1.75. The number of hydrogen-bond acceptors (Lipinski definition) is 2. The zero-order valence-corrected chi connectivity index (χ0v) is 8.24. The molecule has 0 heterocycles. The van der Waals surface area contributed by atoms with Gasteiger partial charge < -0.3 is 9.84 Å². The Labute approximate surface area is 86.8 Å². The number of carboxylic acids is 1. The maximum Gasteiger partial charge on any atom is 0.328 e. The molecule has 1 aromatic carbocycles. The second kappa shape index (κ2) is 5.14. The summed E-state index contributed by atoms with van der Waals surface area (Å²) in [5, 5.41) is 8.29. The Morgan fingerprint density at radius 3 is 3.00 bits per heavy atom. The van der Waals surface area contributed by atoms with Crippen molar-refractivity contribution in [2.45, 2.75) is 6.92 Å². The number of aryl methyl sites for hydroxylation is 1. The monoisotopic (exact) mass is 210 g/mol. The fraction of sp³-hybridized carbons (Fsp3) is 0.182. The quantitative estimate of drug-likeness (QED) is 0.774. The van der Waals surface area contributed by atoms with Crippen molar-refractivity contribution < 1.29 is 19.0 Å². The van der Waals surface area contributed by atoms with Crippen LogP contribution in [0.2, 0.25) is 0 Å². The van der Waals surface area contributed by atoms with Gasteiger partial charge in [0, 0.05) is 6.08 Å². The van der Waals surface area contributed by atoms with Crippen molar-refractivity contribution in [3.8, 4) is 5.75 Å². The molecule has 3 nitrogen and oxygen atoms in total. The van der Waals surface area contributed by atoms with Crippen LogP contribution in [-0.4, -0.2) is 17.7 Å². The third kappa shape index (κ3) is 3.42. The molecule has 0 saturated heterocycles. The molecule has 0 aliphatic heterocycles. The summed E-state index contributed by atoms with van der Waals surface area (Å²) in [6.07, 6.45) is 2.26. The first-order chi connectivity index (χ1) is 7.11. The van der Waals surface area contributed by atoms with Crippen LogP contribution in [0.5, 0.6) is 5.75 Å². The van der Waals surface area contributed by atoms with E-state index in [4.69, 9.17) is 9.84 Å². The predicted molar refractivity (Wildman–Crippen MR) is 53.4 cm³/mol. The second-order valence-corrected chi connectivity index (χ2v) is 2.94. The van der Waals surface area contributed by atoms with Crippen LogP contribution in [0.3, 0.4) is 0 Å². The number of halogens is 1. The highest BCUT2D eigenvalue weighted by atomic mass is 19.1. The lowest BCUT2D eigenvalue weighted by Gasteiger charge is -2.05. The molecule has 0 fully saturated rings. The van der Waals surface area contributed by atoms with Gasteiger partial charge in [-0.2, -0.15) is 0 Å². The lowest BCUT2D eigenvalue weighted by Crippen LogP contribution is -1.98. The number of ether oxygens (including phenoxy) is 1. The van der Waals surface area contributed by atoms with E-state index in [1.165, 1.54) is 12.1 Å². The molecule has 15 heavy (non-hydrogen) atoms. The largest absolute Gasteiger partial charge is 0.486 e. The molecule has 1 aromatic rings. The lowest BCUT2D eigenvalue weighted by molar-refractivity contribution is -0.131. The molecule has 0 bridgehead atoms. The number of hydrogen-bond donors (Lipinski definition) is 1. The number of carboxylic acid groups (broad SMARTS) is 1. The number of carbonyl (C=O) groups is 1. The van der Waals surface area contributed by atoms with Crippen molar-refractivity contribution in [2.75, 3.05) is 6.61 Å². The normalized spacial score (nSPS) is 10.5. The Balaban J connectivity index is 2.58. The molecule has 0 spiro atoms. The van der Waals surface area contributed by atoms with Gasteiger partial charge in [0.2, 0.25) is 0 Å². The van der Waals surface area contributed by atoms with Gasteiger partial charge in [0.25, 0.3) is 0 Å². The smallest absolute Gasteiger partial charge is 0.328 e. The molecular weight excluding hydrogens is 199 g/mol.